The lowest BCUT2D eigenvalue weighted by atomic mass is 10.0. The molecule has 0 fully saturated rings. The van der Waals surface area contributed by atoms with Crippen molar-refractivity contribution in [2.75, 3.05) is 5.32 Å². The molecule has 2 N–H and O–H groups in total. The van der Waals surface area contributed by atoms with Crippen LogP contribution < -0.4 is 10.6 Å². The molecule has 2 aromatic rings. The molecule has 0 atom stereocenters. The van der Waals surface area contributed by atoms with Crippen LogP contribution in [0.5, 0.6) is 0 Å². The Kier molecular flexibility index (Phi) is 3.96. The van der Waals surface area contributed by atoms with Crippen molar-refractivity contribution < 1.29 is 9.59 Å². The summed E-state index contributed by atoms with van der Waals surface area (Å²) in [5.74, 6) is -0.711. The Hall–Kier alpha value is -2.91. The number of halogens is 1. The summed E-state index contributed by atoms with van der Waals surface area (Å²) in [6.07, 6.45) is 0. The first kappa shape index (κ1) is 15.0. The van der Waals surface area contributed by atoms with Gasteiger partial charge in [0.1, 0.15) is 17.5 Å². The fraction of sp³-hybridized carbons (Fsp3) is 0. The number of ketones is 1. The van der Waals surface area contributed by atoms with Gasteiger partial charge in [-0.3, -0.25) is 9.59 Å². The minimum absolute atomic E-state index is 0.101. The number of allylic oxidation sites excluding steroid dienone is 1. The summed E-state index contributed by atoms with van der Waals surface area (Å²) in [5.41, 5.74) is 1.24. The number of nitrogens with one attached hydrogen (secondary N) is 2. The number of Topliss-reactive ketones (excluding diaryl/α,β-unsaturated/α-hetero) is 1. The molecule has 0 radical (unpaired) electrons. The van der Waals surface area contributed by atoms with Gasteiger partial charge in [-0.1, -0.05) is 28.1 Å². The highest BCUT2D eigenvalue weighted by atomic mass is 79.9. The van der Waals surface area contributed by atoms with Crippen molar-refractivity contribution in [3.8, 4) is 6.07 Å². The van der Waals surface area contributed by atoms with Crippen LogP contribution in [0, 0.1) is 11.3 Å². The van der Waals surface area contributed by atoms with Crippen molar-refractivity contribution in [2.45, 2.75) is 0 Å². The van der Waals surface area contributed by atoms with Gasteiger partial charge in [-0.2, -0.15) is 5.26 Å². The summed E-state index contributed by atoms with van der Waals surface area (Å²) in [7, 11) is 0. The number of hydrogen-bond donors (Lipinski definition) is 2. The molecule has 0 spiro atoms. The SMILES string of the molecule is N#C/C(C(=O)c1ccc(Br)cc1)=C1\NC(=O)c2ccccc2N1. The minimum atomic E-state index is -0.456. The first-order valence-corrected chi connectivity index (χ1v) is 7.51. The molecule has 1 amide bonds. The van der Waals surface area contributed by atoms with Crippen LogP contribution in [0.1, 0.15) is 20.7 Å². The van der Waals surface area contributed by atoms with Crippen molar-refractivity contribution in [3.63, 3.8) is 0 Å². The Morgan fingerprint density at radius 2 is 1.74 bits per heavy atom. The third-order valence-corrected chi connectivity index (χ3v) is 3.89. The normalized spacial score (nSPS) is 14.9. The predicted octanol–water partition coefficient (Wildman–Crippen LogP) is 3.22. The first-order chi connectivity index (χ1) is 11.1. The van der Waals surface area contributed by atoms with E-state index in [-0.39, 0.29) is 17.3 Å². The van der Waals surface area contributed by atoms with Crippen molar-refractivity contribution in [2.24, 2.45) is 0 Å². The number of rotatable bonds is 2. The monoisotopic (exact) mass is 367 g/mol. The summed E-state index contributed by atoms with van der Waals surface area (Å²) in [4.78, 5) is 24.6. The molecule has 0 bridgehead atoms. The largest absolute Gasteiger partial charge is 0.340 e. The topological polar surface area (TPSA) is 82.0 Å². The molecule has 3 rings (SSSR count). The van der Waals surface area contributed by atoms with Crippen molar-refractivity contribution in [1.29, 1.82) is 5.26 Å². The lowest BCUT2D eigenvalue weighted by molar-refractivity contribution is 0.0963. The number of carbonyl (C=O) groups is 2. The smallest absolute Gasteiger partial charge is 0.258 e. The van der Waals surface area contributed by atoms with E-state index in [9.17, 15) is 14.9 Å². The van der Waals surface area contributed by atoms with Crippen LogP contribution in [0.15, 0.2) is 64.4 Å². The van der Waals surface area contributed by atoms with Crippen LogP contribution in [-0.4, -0.2) is 11.7 Å². The molecule has 6 heteroatoms. The molecule has 1 heterocycles. The zero-order valence-electron chi connectivity index (χ0n) is 11.8. The van der Waals surface area contributed by atoms with Gasteiger partial charge in [0.15, 0.2) is 0 Å². The first-order valence-electron chi connectivity index (χ1n) is 6.72. The lowest BCUT2D eigenvalue weighted by Crippen LogP contribution is -2.34. The quantitative estimate of drug-likeness (QED) is 0.485. The van der Waals surface area contributed by atoms with Gasteiger partial charge in [0.05, 0.1) is 11.3 Å². The number of amides is 1. The van der Waals surface area contributed by atoms with Crippen molar-refractivity contribution >= 4 is 33.3 Å². The van der Waals surface area contributed by atoms with Gasteiger partial charge in [0.25, 0.3) is 5.91 Å². The molecule has 0 aliphatic carbocycles. The maximum absolute atomic E-state index is 12.5. The standard InChI is InChI=1S/C17H10BrN3O2/c18-11-7-5-10(6-8-11)15(22)13(9-19)16-20-14-4-2-1-3-12(14)17(23)21-16/h1-8,20H,(H,21,23)/b16-13+. The zero-order valence-corrected chi connectivity index (χ0v) is 13.3. The molecular weight excluding hydrogens is 358 g/mol. The fourth-order valence-corrected chi connectivity index (χ4v) is 2.49. The summed E-state index contributed by atoms with van der Waals surface area (Å²) in [6, 6.07) is 15.4. The van der Waals surface area contributed by atoms with E-state index < -0.39 is 5.78 Å². The van der Waals surface area contributed by atoms with E-state index in [4.69, 9.17) is 0 Å². The fourth-order valence-electron chi connectivity index (χ4n) is 2.23. The molecule has 1 aliphatic heterocycles. The average molecular weight is 368 g/mol. The number of nitrogens with zero attached hydrogens (tertiary/aromatic N) is 1. The van der Waals surface area contributed by atoms with E-state index in [1.54, 1.807) is 48.5 Å². The Balaban J connectivity index is 2.02. The van der Waals surface area contributed by atoms with Crippen molar-refractivity contribution in [1.82, 2.24) is 5.32 Å². The summed E-state index contributed by atoms with van der Waals surface area (Å²) in [5, 5.41) is 14.9. The molecule has 0 saturated carbocycles. The molecule has 23 heavy (non-hydrogen) atoms. The van der Waals surface area contributed by atoms with E-state index >= 15 is 0 Å². The molecule has 5 nitrogen and oxygen atoms in total. The third-order valence-electron chi connectivity index (χ3n) is 3.37. The van der Waals surface area contributed by atoms with E-state index in [1.165, 1.54) is 0 Å². The summed E-state index contributed by atoms with van der Waals surface area (Å²) >= 11 is 3.29. The maximum Gasteiger partial charge on any atom is 0.258 e. The maximum atomic E-state index is 12.5. The number of fused-ring (bicyclic) bond motifs is 1. The van der Waals surface area contributed by atoms with E-state index in [0.29, 0.717) is 16.8 Å². The number of para-hydroxylation sites is 1. The number of hydrogen-bond acceptors (Lipinski definition) is 4. The van der Waals surface area contributed by atoms with E-state index in [1.807, 2.05) is 6.07 Å². The predicted molar refractivity (Wildman–Crippen MR) is 88.6 cm³/mol. The minimum Gasteiger partial charge on any atom is -0.340 e. The summed E-state index contributed by atoms with van der Waals surface area (Å²) in [6.45, 7) is 0. The highest BCUT2D eigenvalue weighted by Crippen LogP contribution is 2.23. The van der Waals surface area contributed by atoms with Crippen LogP contribution in [-0.2, 0) is 0 Å². The van der Waals surface area contributed by atoms with Crippen LogP contribution in [0.4, 0.5) is 5.69 Å². The van der Waals surface area contributed by atoms with E-state index in [0.717, 1.165) is 4.47 Å². The van der Waals surface area contributed by atoms with Crippen LogP contribution in [0.3, 0.4) is 0 Å². The highest BCUT2D eigenvalue weighted by molar-refractivity contribution is 9.10. The molecular formula is C17H10BrN3O2. The van der Waals surface area contributed by atoms with Gasteiger partial charge in [-0.05, 0) is 36.4 Å². The number of benzene rings is 2. The van der Waals surface area contributed by atoms with Crippen LogP contribution in [0.25, 0.3) is 0 Å². The van der Waals surface area contributed by atoms with Crippen LogP contribution >= 0.6 is 15.9 Å². The Morgan fingerprint density at radius 1 is 1.04 bits per heavy atom. The van der Waals surface area contributed by atoms with Gasteiger partial charge in [0.2, 0.25) is 5.78 Å². The molecule has 112 valence electrons. The molecule has 2 aromatic carbocycles. The second-order valence-electron chi connectivity index (χ2n) is 4.82. The van der Waals surface area contributed by atoms with Gasteiger partial charge in [-0.25, -0.2) is 0 Å². The van der Waals surface area contributed by atoms with Gasteiger partial charge < -0.3 is 10.6 Å². The van der Waals surface area contributed by atoms with Gasteiger partial charge in [0, 0.05) is 10.0 Å². The number of anilines is 1. The van der Waals surface area contributed by atoms with Crippen molar-refractivity contribution in [3.05, 3.63) is 75.5 Å². The lowest BCUT2D eigenvalue weighted by Gasteiger charge is -2.21. The van der Waals surface area contributed by atoms with Gasteiger partial charge >= 0.3 is 0 Å². The van der Waals surface area contributed by atoms with Gasteiger partial charge in [-0.15, -0.1) is 0 Å². The average Bonchev–Trinajstić information content (AvgIpc) is 2.56. The van der Waals surface area contributed by atoms with E-state index in [2.05, 4.69) is 26.6 Å². The Morgan fingerprint density at radius 3 is 2.43 bits per heavy atom. The third kappa shape index (κ3) is 2.87. The Labute approximate surface area is 140 Å². The second-order valence-corrected chi connectivity index (χ2v) is 5.74. The summed E-state index contributed by atoms with van der Waals surface area (Å²) < 4.78 is 0.832. The molecule has 1 aliphatic rings. The number of nitriles is 1. The Bertz CT molecular complexity index is 879. The molecule has 0 aromatic heterocycles. The highest BCUT2D eigenvalue weighted by Gasteiger charge is 2.25. The zero-order chi connectivity index (χ0) is 16.4. The number of carbonyl (C=O) groups excluding carboxylic acids is 2. The molecule has 0 unspecified atom stereocenters. The molecule has 0 saturated heterocycles. The van der Waals surface area contributed by atoms with Crippen LogP contribution in [0.2, 0.25) is 0 Å². The second kappa shape index (κ2) is 6.07.